The van der Waals surface area contributed by atoms with Crippen LogP contribution >= 0.6 is 0 Å². The van der Waals surface area contributed by atoms with Crippen LogP contribution in [0.3, 0.4) is 0 Å². The zero-order valence-electron chi connectivity index (χ0n) is 17.1. The molecule has 2 amide bonds. The first-order chi connectivity index (χ1) is 13.9. The van der Waals surface area contributed by atoms with Gasteiger partial charge in [-0.1, -0.05) is 25.7 Å². The number of benzene rings is 1. The molecule has 1 aromatic rings. The van der Waals surface area contributed by atoms with E-state index >= 15 is 0 Å². The van der Waals surface area contributed by atoms with Crippen molar-refractivity contribution in [1.29, 1.82) is 0 Å². The molecule has 3 rings (SSSR count). The lowest BCUT2D eigenvalue weighted by atomic mass is 9.96. The number of hydrogen-bond donors (Lipinski definition) is 2. The van der Waals surface area contributed by atoms with E-state index in [9.17, 15) is 17.6 Å². The molecule has 0 spiro atoms. The van der Waals surface area contributed by atoms with E-state index in [0.29, 0.717) is 25.1 Å². The molecule has 1 aliphatic heterocycles. The van der Waals surface area contributed by atoms with Gasteiger partial charge in [0.2, 0.25) is 10.0 Å². The molecule has 0 unspecified atom stereocenters. The second-order valence-corrected chi connectivity index (χ2v) is 10.1. The molecule has 29 heavy (non-hydrogen) atoms. The molecular weight excluding hydrogens is 393 g/mol. The summed E-state index contributed by atoms with van der Waals surface area (Å²) in [5.74, 6) is -0.410. The standard InChI is InChI=1S/C21H32FN3O3S/c1-16-15-19(10-11-20(16)22)29(27,28)25-14-6-5-9-18(25)12-13-23-21(26)24-17-7-3-2-4-8-17/h10-11,15,17-18H,2-9,12-14H2,1H3,(H2,23,24,26)/t18-/m1/s1. The van der Waals surface area contributed by atoms with Crippen molar-refractivity contribution >= 4 is 16.1 Å². The van der Waals surface area contributed by atoms with Crippen molar-refractivity contribution in [2.75, 3.05) is 13.1 Å². The van der Waals surface area contributed by atoms with Gasteiger partial charge in [-0.2, -0.15) is 4.31 Å². The van der Waals surface area contributed by atoms with Crippen LogP contribution in [0.25, 0.3) is 0 Å². The van der Waals surface area contributed by atoms with Crippen LogP contribution in [0.15, 0.2) is 23.1 Å². The van der Waals surface area contributed by atoms with Crippen LogP contribution in [0.1, 0.15) is 63.4 Å². The van der Waals surface area contributed by atoms with Gasteiger partial charge in [0.15, 0.2) is 0 Å². The monoisotopic (exact) mass is 425 g/mol. The largest absolute Gasteiger partial charge is 0.338 e. The Hall–Kier alpha value is -1.67. The molecule has 1 heterocycles. The number of rotatable bonds is 6. The molecule has 1 saturated heterocycles. The van der Waals surface area contributed by atoms with E-state index in [1.54, 1.807) is 6.92 Å². The maximum Gasteiger partial charge on any atom is 0.315 e. The molecule has 6 nitrogen and oxygen atoms in total. The lowest BCUT2D eigenvalue weighted by Gasteiger charge is -2.35. The Bertz CT molecular complexity index is 809. The second kappa shape index (κ2) is 9.89. The van der Waals surface area contributed by atoms with Gasteiger partial charge in [-0.3, -0.25) is 0 Å². The summed E-state index contributed by atoms with van der Waals surface area (Å²) in [5, 5.41) is 5.90. The van der Waals surface area contributed by atoms with Gasteiger partial charge in [0, 0.05) is 25.2 Å². The Balaban J connectivity index is 1.57. The third-order valence-corrected chi connectivity index (χ3v) is 7.96. The number of hydrogen-bond acceptors (Lipinski definition) is 3. The topological polar surface area (TPSA) is 78.5 Å². The molecule has 1 aliphatic carbocycles. The molecule has 0 bridgehead atoms. The van der Waals surface area contributed by atoms with Crippen LogP contribution < -0.4 is 10.6 Å². The number of sulfonamides is 1. The van der Waals surface area contributed by atoms with Gasteiger partial charge in [0.25, 0.3) is 0 Å². The van der Waals surface area contributed by atoms with Crippen LogP contribution in [0.2, 0.25) is 0 Å². The fourth-order valence-electron chi connectivity index (χ4n) is 4.33. The lowest BCUT2D eigenvalue weighted by molar-refractivity contribution is 0.224. The number of amides is 2. The van der Waals surface area contributed by atoms with Gasteiger partial charge < -0.3 is 10.6 Å². The van der Waals surface area contributed by atoms with Gasteiger partial charge >= 0.3 is 6.03 Å². The molecular formula is C21H32FN3O3S. The molecule has 2 fully saturated rings. The maximum atomic E-state index is 13.6. The van der Waals surface area contributed by atoms with Crippen LogP contribution in [0, 0.1) is 12.7 Å². The fraction of sp³-hybridized carbons (Fsp3) is 0.667. The van der Waals surface area contributed by atoms with Crippen molar-refractivity contribution in [3.63, 3.8) is 0 Å². The van der Waals surface area contributed by atoms with E-state index < -0.39 is 15.8 Å². The smallest absolute Gasteiger partial charge is 0.315 e. The normalized spacial score (nSPS) is 21.7. The number of urea groups is 1. The van der Waals surface area contributed by atoms with Crippen LogP contribution in [-0.2, 0) is 10.0 Å². The van der Waals surface area contributed by atoms with E-state index in [-0.39, 0.29) is 23.0 Å². The van der Waals surface area contributed by atoms with Crippen molar-refractivity contribution in [2.45, 2.75) is 81.7 Å². The Morgan fingerprint density at radius 2 is 1.86 bits per heavy atom. The number of halogens is 1. The third-order valence-electron chi connectivity index (χ3n) is 6.01. The van der Waals surface area contributed by atoms with Crippen molar-refractivity contribution in [2.24, 2.45) is 0 Å². The molecule has 2 aliphatic rings. The van der Waals surface area contributed by atoms with Gasteiger partial charge in [-0.25, -0.2) is 17.6 Å². The van der Waals surface area contributed by atoms with Crippen molar-refractivity contribution in [1.82, 2.24) is 14.9 Å². The first-order valence-corrected chi connectivity index (χ1v) is 12.1. The highest BCUT2D eigenvalue weighted by Gasteiger charge is 2.33. The molecule has 8 heteroatoms. The first kappa shape index (κ1) is 22.0. The first-order valence-electron chi connectivity index (χ1n) is 10.7. The zero-order valence-corrected chi connectivity index (χ0v) is 17.9. The van der Waals surface area contributed by atoms with E-state index in [1.807, 2.05) is 0 Å². The summed E-state index contributed by atoms with van der Waals surface area (Å²) in [6, 6.07) is 3.85. The summed E-state index contributed by atoms with van der Waals surface area (Å²) in [6.07, 6.45) is 8.71. The summed E-state index contributed by atoms with van der Waals surface area (Å²) >= 11 is 0. The zero-order chi connectivity index (χ0) is 20.9. The summed E-state index contributed by atoms with van der Waals surface area (Å²) < 4.78 is 41.3. The molecule has 0 aromatic heterocycles. The van der Waals surface area contributed by atoms with Crippen LogP contribution in [0.5, 0.6) is 0 Å². The average Bonchev–Trinajstić information content (AvgIpc) is 2.71. The van der Waals surface area contributed by atoms with E-state index in [2.05, 4.69) is 10.6 Å². The Morgan fingerprint density at radius 3 is 2.59 bits per heavy atom. The number of carbonyl (C=O) groups is 1. The number of piperidine rings is 1. The van der Waals surface area contributed by atoms with Crippen LogP contribution in [0.4, 0.5) is 9.18 Å². The third kappa shape index (κ3) is 5.69. The van der Waals surface area contributed by atoms with E-state index in [0.717, 1.165) is 44.9 Å². The summed E-state index contributed by atoms with van der Waals surface area (Å²) in [7, 11) is -3.69. The van der Waals surface area contributed by atoms with Crippen molar-refractivity contribution in [3.8, 4) is 0 Å². The van der Waals surface area contributed by atoms with Crippen LogP contribution in [-0.4, -0.2) is 43.9 Å². The van der Waals surface area contributed by atoms with E-state index in [1.165, 1.54) is 28.9 Å². The summed E-state index contributed by atoms with van der Waals surface area (Å²) in [6.45, 7) is 2.45. The van der Waals surface area contributed by atoms with Gasteiger partial charge in [0.1, 0.15) is 5.82 Å². The van der Waals surface area contributed by atoms with Crippen molar-refractivity contribution in [3.05, 3.63) is 29.6 Å². The maximum absolute atomic E-state index is 13.6. The second-order valence-electron chi connectivity index (χ2n) is 8.20. The number of nitrogens with zero attached hydrogens (tertiary/aromatic N) is 1. The Kier molecular flexibility index (Phi) is 7.51. The molecule has 0 radical (unpaired) electrons. The van der Waals surface area contributed by atoms with Crippen molar-refractivity contribution < 1.29 is 17.6 Å². The Labute approximate surface area is 173 Å². The molecule has 1 atom stereocenters. The lowest BCUT2D eigenvalue weighted by Crippen LogP contribution is -2.47. The predicted molar refractivity (Wildman–Crippen MR) is 111 cm³/mol. The molecule has 162 valence electrons. The fourth-order valence-corrected chi connectivity index (χ4v) is 6.14. The highest BCUT2D eigenvalue weighted by atomic mass is 32.2. The van der Waals surface area contributed by atoms with E-state index in [4.69, 9.17) is 0 Å². The minimum Gasteiger partial charge on any atom is -0.338 e. The van der Waals surface area contributed by atoms with Gasteiger partial charge in [0.05, 0.1) is 4.90 Å². The molecule has 1 saturated carbocycles. The quantitative estimate of drug-likeness (QED) is 0.729. The predicted octanol–water partition coefficient (Wildman–Crippen LogP) is 3.70. The minimum absolute atomic E-state index is 0.131. The molecule has 2 N–H and O–H groups in total. The minimum atomic E-state index is -3.69. The number of nitrogens with one attached hydrogen (secondary N) is 2. The molecule has 1 aromatic carbocycles. The highest BCUT2D eigenvalue weighted by Crippen LogP contribution is 2.27. The average molecular weight is 426 g/mol. The van der Waals surface area contributed by atoms with Gasteiger partial charge in [-0.15, -0.1) is 0 Å². The van der Waals surface area contributed by atoms with Gasteiger partial charge in [-0.05, 0) is 62.8 Å². The number of carbonyl (C=O) groups excluding carboxylic acids is 1. The summed E-state index contributed by atoms with van der Waals surface area (Å²) in [5.41, 5.74) is 0.320. The highest BCUT2D eigenvalue weighted by molar-refractivity contribution is 7.89. The number of aryl methyl sites for hydroxylation is 1. The summed E-state index contributed by atoms with van der Waals surface area (Å²) in [4.78, 5) is 12.3. The Morgan fingerprint density at radius 1 is 1.14 bits per heavy atom. The SMILES string of the molecule is Cc1cc(S(=O)(=O)N2CCCC[C@@H]2CCNC(=O)NC2CCCCC2)ccc1F.